The van der Waals surface area contributed by atoms with Gasteiger partial charge in [0.1, 0.15) is 5.82 Å². The molecular formula is C21H26FN3O3S. The van der Waals surface area contributed by atoms with E-state index in [0.717, 1.165) is 22.9 Å². The molecule has 1 saturated heterocycles. The van der Waals surface area contributed by atoms with Gasteiger partial charge in [-0.1, -0.05) is 18.2 Å². The number of amides is 1. The number of carbonyl (C=O) groups is 1. The summed E-state index contributed by atoms with van der Waals surface area (Å²) in [4.78, 5) is 16.2. The summed E-state index contributed by atoms with van der Waals surface area (Å²) in [5, 5.41) is 0. The van der Waals surface area contributed by atoms with E-state index < -0.39 is 15.8 Å². The zero-order chi connectivity index (χ0) is 21.2. The summed E-state index contributed by atoms with van der Waals surface area (Å²) in [7, 11) is -1.89. The van der Waals surface area contributed by atoms with Crippen LogP contribution in [-0.2, 0) is 14.8 Å². The van der Waals surface area contributed by atoms with Crippen LogP contribution < -0.4 is 4.90 Å². The van der Waals surface area contributed by atoms with Crippen LogP contribution in [-0.4, -0.2) is 63.3 Å². The minimum absolute atomic E-state index is 0.0452. The molecule has 0 unspecified atom stereocenters. The number of hydrogen-bond acceptors (Lipinski definition) is 4. The molecule has 2 aromatic rings. The van der Waals surface area contributed by atoms with Crippen molar-refractivity contribution in [2.75, 3.05) is 44.7 Å². The molecule has 1 fully saturated rings. The number of halogens is 1. The average molecular weight is 420 g/mol. The summed E-state index contributed by atoms with van der Waals surface area (Å²) >= 11 is 0. The summed E-state index contributed by atoms with van der Waals surface area (Å²) in [6.45, 7) is 5.25. The Kier molecular flexibility index (Phi) is 6.24. The number of sulfonamides is 1. The van der Waals surface area contributed by atoms with E-state index in [-0.39, 0.29) is 30.4 Å². The van der Waals surface area contributed by atoms with E-state index >= 15 is 0 Å². The first-order chi connectivity index (χ1) is 13.7. The first kappa shape index (κ1) is 21.3. The van der Waals surface area contributed by atoms with E-state index in [1.807, 2.05) is 44.0 Å². The Balaban J connectivity index is 1.61. The number of benzene rings is 2. The maximum absolute atomic E-state index is 13.4. The van der Waals surface area contributed by atoms with Crippen molar-refractivity contribution >= 4 is 21.6 Å². The van der Waals surface area contributed by atoms with Gasteiger partial charge in [-0.25, -0.2) is 12.8 Å². The molecule has 8 heteroatoms. The quantitative estimate of drug-likeness (QED) is 0.747. The smallest absolute Gasteiger partial charge is 0.243 e. The molecule has 29 heavy (non-hydrogen) atoms. The van der Waals surface area contributed by atoms with Crippen LogP contribution in [0.15, 0.2) is 47.4 Å². The van der Waals surface area contributed by atoms with Crippen LogP contribution in [0.1, 0.15) is 11.1 Å². The maximum Gasteiger partial charge on any atom is 0.243 e. The van der Waals surface area contributed by atoms with Crippen LogP contribution in [0.3, 0.4) is 0 Å². The van der Waals surface area contributed by atoms with Crippen LogP contribution in [0.2, 0.25) is 0 Å². The van der Waals surface area contributed by atoms with Crippen molar-refractivity contribution in [1.82, 2.24) is 9.21 Å². The molecule has 2 aromatic carbocycles. The molecule has 1 aliphatic heterocycles. The average Bonchev–Trinajstić information content (AvgIpc) is 2.69. The summed E-state index contributed by atoms with van der Waals surface area (Å²) in [5.74, 6) is -0.634. The normalized spacial score (nSPS) is 15.4. The minimum Gasteiger partial charge on any atom is -0.365 e. The topological polar surface area (TPSA) is 60.9 Å². The molecule has 3 rings (SSSR count). The van der Waals surface area contributed by atoms with Gasteiger partial charge in [0.05, 0.1) is 11.4 Å². The van der Waals surface area contributed by atoms with E-state index in [2.05, 4.69) is 0 Å². The Bertz CT molecular complexity index is 1000. The Morgan fingerprint density at radius 1 is 1.07 bits per heavy atom. The van der Waals surface area contributed by atoms with Crippen molar-refractivity contribution in [2.45, 2.75) is 18.7 Å². The summed E-state index contributed by atoms with van der Waals surface area (Å²) in [6, 6.07) is 11.1. The zero-order valence-electron chi connectivity index (χ0n) is 16.9. The van der Waals surface area contributed by atoms with Crippen molar-refractivity contribution < 1.29 is 17.6 Å². The highest BCUT2D eigenvalue weighted by molar-refractivity contribution is 7.89. The SMILES string of the molecule is Cc1ccc(C)c(N(C)CC(=O)N2CCN(S(=O)(=O)c3cccc(F)c3)CC2)c1. The lowest BCUT2D eigenvalue weighted by molar-refractivity contribution is -0.130. The van der Waals surface area contributed by atoms with E-state index in [4.69, 9.17) is 0 Å². The summed E-state index contributed by atoms with van der Waals surface area (Å²) in [5.41, 5.74) is 3.23. The highest BCUT2D eigenvalue weighted by atomic mass is 32.2. The Morgan fingerprint density at radius 3 is 2.41 bits per heavy atom. The lowest BCUT2D eigenvalue weighted by atomic mass is 10.1. The number of nitrogens with zero attached hydrogens (tertiary/aromatic N) is 3. The number of likely N-dealkylation sites (N-methyl/N-ethyl adjacent to an activating group) is 1. The van der Waals surface area contributed by atoms with Crippen LogP contribution >= 0.6 is 0 Å². The van der Waals surface area contributed by atoms with Gasteiger partial charge < -0.3 is 9.80 Å². The summed E-state index contributed by atoms with van der Waals surface area (Å²) in [6.07, 6.45) is 0. The van der Waals surface area contributed by atoms with E-state index in [1.165, 1.54) is 22.5 Å². The fraction of sp³-hybridized carbons (Fsp3) is 0.381. The molecule has 0 radical (unpaired) electrons. The number of rotatable bonds is 5. The van der Waals surface area contributed by atoms with Crippen molar-refractivity contribution in [3.63, 3.8) is 0 Å². The molecule has 0 bridgehead atoms. The van der Waals surface area contributed by atoms with Gasteiger partial charge in [0.2, 0.25) is 15.9 Å². The van der Waals surface area contributed by atoms with Gasteiger partial charge in [0, 0.05) is 38.9 Å². The molecule has 0 aliphatic carbocycles. The molecule has 0 saturated carbocycles. The van der Waals surface area contributed by atoms with E-state index in [0.29, 0.717) is 13.1 Å². The lowest BCUT2D eigenvalue weighted by Crippen LogP contribution is -2.52. The molecule has 1 amide bonds. The van der Waals surface area contributed by atoms with Crippen molar-refractivity contribution in [2.24, 2.45) is 0 Å². The van der Waals surface area contributed by atoms with Gasteiger partial charge in [0.25, 0.3) is 0 Å². The molecule has 0 N–H and O–H groups in total. The third-order valence-electron chi connectivity index (χ3n) is 5.17. The van der Waals surface area contributed by atoms with Crippen LogP contribution in [0, 0.1) is 19.7 Å². The van der Waals surface area contributed by atoms with Gasteiger partial charge in [-0.05, 0) is 49.2 Å². The molecule has 0 aromatic heterocycles. The van der Waals surface area contributed by atoms with E-state index in [9.17, 15) is 17.6 Å². The van der Waals surface area contributed by atoms with Crippen molar-refractivity contribution in [3.05, 3.63) is 59.4 Å². The van der Waals surface area contributed by atoms with Gasteiger partial charge >= 0.3 is 0 Å². The largest absolute Gasteiger partial charge is 0.365 e. The highest BCUT2D eigenvalue weighted by Gasteiger charge is 2.30. The molecule has 6 nitrogen and oxygen atoms in total. The number of hydrogen-bond donors (Lipinski definition) is 0. The second kappa shape index (κ2) is 8.51. The van der Waals surface area contributed by atoms with Gasteiger partial charge in [-0.2, -0.15) is 4.31 Å². The molecular weight excluding hydrogens is 393 g/mol. The molecule has 0 atom stereocenters. The van der Waals surface area contributed by atoms with Gasteiger partial charge in [-0.3, -0.25) is 4.79 Å². The number of carbonyl (C=O) groups excluding carboxylic acids is 1. The Labute approximate surface area is 171 Å². The molecule has 0 spiro atoms. The third kappa shape index (κ3) is 4.76. The lowest BCUT2D eigenvalue weighted by Gasteiger charge is -2.35. The fourth-order valence-electron chi connectivity index (χ4n) is 3.47. The van der Waals surface area contributed by atoms with Crippen molar-refractivity contribution in [1.29, 1.82) is 0 Å². The van der Waals surface area contributed by atoms with Crippen LogP contribution in [0.5, 0.6) is 0 Å². The monoisotopic (exact) mass is 419 g/mol. The summed E-state index contributed by atoms with van der Waals surface area (Å²) < 4.78 is 40.1. The van der Waals surface area contributed by atoms with E-state index in [1.54, 1.807) is 4.90 Å². The number of piperazine rings is 1. The first-order valence-electron chi connectivity index (χ1n) is 9.50. The minimum atomic E-state index is -3.77. The number of aryl methyl sites for hydroxylation is 2. The maximum atomic E-state index is 13.4. The predicted octanol–water partition coefficient (Wildman–Crippen LogP) is 2.41. The zero-order valence-corrected chi connectivity index (χ0v) is 17.7. The second-order valence-electron chi connectivity index (χ2n) is 7.39. The van der Waals surface area contributed by atoms with Crippen LogP contribution in [0.25, 0.3) is 0 Å². The standard InChI is InChI=1S/C21H26FN3O3S/c1-16-7-8-17(2)20(13-16)23(3)15-21(26)24-9-11-25(12-10-24)29(27,28)19-6-4-5-18(22)14-19/h4-8,13-14H,9-12,15H2,1-3H3. The Morgan fingerprint density at radius 2 is 1.76 bits per heavy atom. The predicted molar refractivity (Wildman–Crippen MR) is 111 cm³/mol. The van der Waals surface area contributed by atoms with Gasteiger partial charge in [-0.15, -0.1) is 0 Å². The Hall–Kier alpha value is -2.45. The second-order valence-corrected chi connectivity index (χ2v) is 9.33. The molecule has 1 heterocycles. The molecule has 1 aliphatic rings. The third-order valence-corrected chi connectivity index (χ3v) is 7.07. The highest BCUT2D eigenvalue weighted by Crippen LogP contribution is 2.21. The first-order valence-corrected chi connectivity index (χ1v) is 10.9. The van der Waals surface area contributed by atoms with Gasteiger partial charge in [0.15, 0.2) is 0 Å². The van der Waals surface area contributed by atoms with Crippen molar-refractivity contribution in [3.8, 4) is 0 Å². The number of anilines is 1. The fourth-order valence-corrected chi connectivity index (χ4v) is 4.93. The van der Waals surface area contributed by atoms with Crippen LogP contribution in [0.4, 0.5) is 10.1 Å². The molecule has 156 valence electrons.